The molecule has 0 radical (unpaired) electrons. The van der Waals surface area contributed by atoms with E-state index in [0.29, 0.717) is 19.8 Å². The van der Waals surface area contributed by atoms with Gasteiger partial charge >= 0.3 is 0 Å². The number of likely N-dealkylation sites (N-methyl/N-ethyl adjacent to an activating group) is 1. The van der Waals surface area contributed by atoms with Crippen LogP contribution in [0, 0.1) is 6.92 Å². The van der Waals surface area contributed by atoms with E-state index in [1.165, 1.54) is 16.7 Å². The first-order valence-corrected chi connectivity index (χ1v) is 10.6. The number of aryl methyl sites for hydroxylation is 1. The average Bonchev–Trinajstić information content (AvgIpc) is 2.75. The van der Waals surface area contributed by atoms with Gasteiger partial charge in [-0.2, -0.15) is 0 Å². The molecule has 1 N–H and O–H groups in total. The zero-order valence-corrected chi connectivity index (χ0v) is 18.6. The van der Waals surface area contributed by atoms with Gasteiger partial charge in [-0.15, -0.1) is 0 Å². The minimum Gasteiger partial charge on any atom is -0.492 e. The Hall–Kier alpha value is -2.57. The van der Waals surface area contributed by atoms with Gasteiger partial charge in [-0.1, -0.05) is 36.4 Å². The molecule has 1 unspecified atom stereocenters. The van der Waals surface area contributed by atoms with E-state index in [9.17, 15) is 0 Å². The second kappa shape index (κ2) is 11.0. The van der Waals surface area contributed by atoms with Gasteiger partial charge < -0.3 is 24.6 Å². The molecule has 6 heteroatoms. The Kier molecular flexibility index (Phi) is 8.11. The predicted molar refractivity (Wildman–Crippen MR) is 122 cm³/mol. The van der Waals surface area contributed by atoms with Crippen molar-refractivity contribution >= 4 is 5.96 Å². The minimum absolute atomic E-state index is 0.0620. The molecule has 2 aromatic carbocycles. The third-order valence-corrected chi connectivity index (χ3v) is 5.27. The second-order valence-electron chi connectivity index (χ2n) is 7.86. The van der Waals surface area contributed by atoms with E-state index >= 15 is 0 Å². The molecule has 1 aliphatic rings. The second-order valence-corrected chi connectivity index (χ2v) is 7.86. The molecule has 162 valence electrons. The van der Waals surface area contributed by atoms with Gasteiger partial charge in [0.15, 0.2) is 5.96 Å². The van der Waals surface area contributed by atoms with Crippen LogP contribution in [0.15, 0.2) is 53.5 Å². The summed E-state index contributed by atoms with van der Waals surface area (Å²) >= 11 is 0. The highest BCUT2D eigenvalue weighted by molar-refractivity contribution is 5.80. The molecule has 0 saturated carbocycles. The largest absolute Gasteiger partial charge is 0.492 e. The highest BCUT2D eigenvalue weighted by Crippen LogP contribution is 2.25. The van der Waals surface area contributed by atoms with Crippen LogP contribution in [-0.2, 0) is 11.3 Å². The smallest absolute Gasteiger partial charge is 0.194 e. The summed E-state index contributed by atoms with van der Waals surface area (Å²) in [7, 11) is 5.93. The van der Waals surface area contributed by atoms with Gasteiger partial charge in [0.25, 0.3) is 0 Å². The normalized spacial score (nSPS) is 17.3. The monoisotopic (exact) mass is 410 g/mol. The first-order valence-electron chi connectivity index (χ1n) is 10.6. The van der Waals surface area contributed by atoms with Crippen molar-refractivity contribution in [1.29, 1.82) is 0 Å². The van der Waals surface area contributed by atoms with Crippen molar-refractivity contribution < 1.29 is 9.47 Å². The van der Waals surface area contributed by atoms with E-state index in [4.69, 9.17) is 9.47 Å². The van der Waals surface area contributed by atoms with Crippen molar-refractivity contribution in [1.82, 2.24) is 15.1 Å². The van der Waals surface area contributed by atoms with Crippen LogP contribution in [0.25, 0.3) is 0 Å². The summed E-state index contributed by atoms with van der Waals surface area (Å²) in [6.45, 7) is 6.72. The van der Waals surface area contributed by atoms with E-state index < -0.39 is 0 Å². The zero-order chi connectivity index (χ0) is 21.3. The number of guanidine groups is 1. The Balaban J connectivity index is 1.57. The van der Waals surface area contributed by atoms with Crippen LogP contribution in [0.5, 0.6) is 5.75 Å². The van der Waals surface area contributed by atoms with Crippen LogP contribution in [0.2, 0.25) is 0 Å². The van der Waals surface area contributed by atoms with Crippen LogP contribution in [-0.4, -0.2) is 69.8 Å². The van der Waals surface area contributed by atoms with E-state index in [1.54, 1.807) is 0 Å². The summed E-state index contributed by atoms with van der Waals surface area (Å²) in [5, 5.41) is 3.50. The number of aliphatic imine (C=N–C) groups is 1. The number of ether oxygens (including phenoxy) is 2. The van der Waals surface area contributed by atoms with Gasteiger partial charge in [-0.05, 0) is 49.8 Å². The van der Waals surface area contributed by atoms with Crippen molar-refractivity contribution in [2.75, 3.05) is 54.0 Å². The van der Waals surface area contributed by atoms with Gasteiger partial charge in [0.2, 0.25) is 0 Å². The van der Waals surface area contributed by atoms with Crippen molar-refractivity contribution in [2.45, 2.75) is 19.6 Å². The number of benzene rings is 2. The van der Waals surface area contributed by atoms with Crippen molar-refractivity contribution in [3.8, 4) is 5.75 Å². The lowest BCUT2D eigenvalue weighted by Gasteiger charge is -2.35. The van der Waals surface area contributed by atoms with Crippen LogP contribution in [0.1, 0.15) is 22.8 Å². The molecule has 2 aromatic rings. The highest BCUT2D eigenvalue weighted by atomic mass is 16.5. The van der Waals surface area contributed by atoms with Crippen LogP contribution >= 0.6 is 0 Å². The molecule has 1 saturated heterocycles. The quantitative estimate of drug-likeness (QED) is 0.562. The number of morpholine rings is 1. The SMILES string of the molecule is CN=C(NCc1cccc(OCCN(C)C)c1)N1CCOC(c2ccccc2C)C1. The Morgan fingerprint density at radius 3 is 2.83 bits per heavy atom. The molecule has 1 atom stereocenters. The van der Waals surface area contributed by atoms with E-state index in [-0.39, 0.29) is 6.10 Å². The van der Waals surface area contributed by atoms with E-state index in [2.05, 4.69) is 63.4 Å². The third-order valence-electron chi connectivity index (χ3n) is 5.27. The van der Waals surface area contributed by atoms with Crippen molar-refractivity contribution in [3.05, 3.63) is 65.2 Å². The highest BCUT2D eigenvalue weighted by Gasteiger charge is 2.25. The van der Waals surface area contributed by atoms with E-state index in [1.807, 2.05) is 33.3 Å². The maximum atomic E-state index is 6.06. The maximum absolute atomic E-state index is 6.06. The van der Waals surface area contributed by atoms with Crippen molar-refractivity contribution in [3.63, 3.8) is 0 Å². The van der Waals surface area contributed by atoms with Gasteiger partial charge in [-0.3, -0.25) is 4.99 Å². The molecule has 0 bridgehead atoms. The lowest BCUT2D eigenvalue weighted by molar-refractivity contribution is -0.00833. The molecule has 0 amide bonds. The molecule has 1 aliphatic heterocycles. The van der Waals surface area contributed by atoms with Gasteiger partial charge in [-0.25, -0.2) is 0 Å². The summed E-state index contributed by atoms with van der Waals surface area (Å²) in [6, 6.07) is 16.7. The fraction of sp³-hybridized carbons (Fsp3) is 0.458. The standard InChI is InChI=1S/C24H34N4O2/c1-19-8-5-6-11-22(19)23-18-28(13-15-30-23)24(25-2)26-17-20-9-7-10-21(16-20)29-14-12-27(3)4/h5-11,16,23H,12-15,17-18H2,1-4H3,(H,25,26). The van der Waals surface area contributed by atoms with Crippen LogP contribution in [0.4, 0.5) is 0 Å². The number of hydrogen-bond acceptors (Lipinski definition) is 4. The summed E-state index contributed by atoms with van der Waals surface area (Å²) in [4.78, 5) is 8.90. The fourth-order valence-corrected chi connectivity index (χ4v) is 3.58. The molecule has 1 fully saturated rings. The molecule has 30 heavy (non-hydrogen) atoms. The minimum atomic E-state index is 0.0620. The summed E-state index contributed by atoms with van der Waals surface area (Å²) in [5.74, 6) is 1.80. The summed E-state index contributed by atoms with van der Waals surface area (Å²) in [5.41, 5.74) is 3.68. The Morgan fingerprint density at radius 1 is 1.23 bits per heavy atom. The van der Waals surface area contributed by atoms with Crippen LogP contribution in [0.3, 0.4) is 0 Å². The third kappa shape index (κ3) is 6.21. The Morgan fingerprint density at radius 2 is 2.07 bits per heavy atom. The Bertz CT molecular complexity index is 837. The lowest BCUT2D eigenvalue weighted by Crippen LogP contribution is -2.48. The van der Waals surface area contributed by atoms with Gasteiger partial charge in [0, 0.05) is 26.7 Å². The van der Waals surface area contributed by atoms with Crippen LogP contribution < -0.4 is 10.1 Å². The lowest BCUT2D eigenvalue weighted by atomic mass is 10.0. The van der Waals surface area contributed by atoms with Gasteiger partial charge in [0.05, 0.1) is 13.2 Å². The topological polar surface area (TPSA) is 49.3 Å². The molecular weight excluding hydrogens is 376 g/mol. The first-order chi connectivity index (χ1) is 14.6. The molecular formula is C24H34N4O2. The van der Waals surface area contributed by atoms with Crippen molar-refractivity contribution in [2.24, 2.45) is 4.99 Å². The summed E-state index contributed by atoms with van der Waals surface area (Å²) in [6.07, 6.45) is 0.0620. The molecule has 1 heterocycles. The van der Waals surface area contributed by atoms with E-state index in [0.717, 1.165) is 31.3 Å². The molecule has 0 aliphatic carbocycles. The molecule has 6 nitrogen and oxygen atoms in total. The first kappa shape index (κ1) is 22.1. The summed E-state index contributed by atoms with van der Waals surface area (Å²) < 4.78 is 11.9. The maximum Gasteiger partial charge on any atom is 0.194 e. The Labute approximate surface area is 180 Å². The zero-order valence-electron chi connectivity index (χ0n) is 18.6. The molecule has 0 aromatic heterocycles. The number of hydrogen-bond donors (Lipinski definition) is 1. The molecule has 3 rings (SSSR count). The average molecular weight is 411 g/mol. The predicted octanol–water partition coefficient (Wildman–Crippen LogP) is 3.08. The number of nitrogens with one attached hydrogen (secondary N) is 1. The fourth-order valence-electron chi connectivity index (χ4n) is 3.58. The molecule has 0 spiro atoms. The number of rotatable bonds is 7. The number of nitrogens with zero attached hydrogens (tertiary/aromatic N) is 3. The van der Waals surface area contributed by atoms with Gasteiger partial charge in [0.1, 0.15) is 18.5 Å².